The Bertz CT molecular complexity index is 712. The van der Waals surface area contributed by atoms with E-state index < -0.39 is 0 Å². The molecule has 0 bridgehead atoms. The molecule has 4 rings (SSSR count). The summed E-state index contributed by atoms with van der Waals surface area (Å²) in [5, 5.41) is 2.99. The second-order valence-corrected chi connectivity index (χ2v) is 8.19. The molecule has 1 aromatic carbocycles. The zero-order valence-electron chi connectivity index (χ0n) is 14.9. The number of thiazole rings is 1. The predicted molar refractivity (Wildman–Crippen MR) is 102 cm³/mol. The molecule has 2 saturated heterocycles. The number of likely N-dealkylation sites (tertiary alicyclic amines) is 1. The number of carbonyl (C=O) groups is 1. The molecule has 1 spiro atoms. The molecule has 6 heteroatoms. The van der Waals surface area contributed by atoms with E-state index in [1.165, 1.54) is 16.9 Å². The van der Waals surface area contributed by atoms with Gasteiger partial charge in [-0.15, -0.1) is 11.3 Å². The van der Waals surface area contributed by atoms with Gasteiger partial charge in [-0.05, 0) is 31.2 Å². The van der Waals surface area contributed by atoms with Gasteiger partial charge in [0.2, 0.25) is 0 Å². The van der Waals surface area contributed by atoms with Crippen molar-refractivity contribution in [3.8, 4) is 0 Å². The maximum atomic E-state index is 12.0. The van der Waals surface area contributed by atoms with Crippen LogP contribution >= 0.6 is 11.3 Å². The molecule has 26 heavy (non-hydrogen) atoms. The van der Waals surface area contributed by atoms with Crippen molar-refractivity contribution in [2.75, 3.05) is 19.6 Å². The van der Waals surface area contributed by atoms with Crippen molar-refractivity contribution < 1.29 is 9.53 Å². The number of nitrogens with one attached hydrogen (secondary N) is 1. The predicted octanol–water partition coefficient (Wildman–Crippen LogP) is 3.09. The second kappa shape index (κ2) is 7.86. The highest BCUT2D eigenvalue weighted by Gasteiger charge is 2.42. The van der Waals surface area contributed by atoms with Crippen LogP contribution in [0.15, 0.2) is 42.0 Å². The zero-order chi connectivity index (χ0) is 17.8. The zero-order valence-corrected chi connectivity index (χ0v) is 15.7. The average molecular weight is 372 g/mol. The first-order chi connectivity index (χ1) is 12.7. The molecule has 1 aromatic heterocycles. The van der Waals surface area contributed by atoms with Gasteiger partial charge in [-0.3, -0.25) is 14.7 Å². The lowest BCUT2D eigenvalue weighted by Gasteiger charge is -2.39. The lowest BCUT2D eigenvalue weighted by molar-refractivity contribution is -0.0764. The molecule has 1 atom stereocenters. The van der Waals surface area contributed by atoms with E-state index in [9.17, 15) is 4.79 Å². The van der Waals surface area contributed by atoms with Crippen molar-refractivity contribution in [1.82, 2.24) is 15.2 Å². The topological polar surface area (TPSA) is 54.5 Å². The molecule has 2 fully saturated rings. The number of hydrogen-bond donors (Lipinski definition) is 1. The number of ether oxygens (including phenoxy) is 1. The number of amides is 1. The van der Waals surface area contributed by atoms with Crippen LogP contribution in [0.25, 0.3) is 0 Å². The van der Waals surface area contributed by atoms with Gasteiger partial charge in [0.25, 0.3) is 5.91 Å². The van der Waals surface area contributed by atoms with E-state index in [2.05, 4.69) is 45.5 Å². The number of benzene rings is 1. The normalized spacial score (nSPS) is 22.5. The van der Waals surface area contributed by atoms with Crippen LogP contribution in [0.2, 0.25) is 0 Å². The summed E-state index contributed by atoms with van der Waals surface area (Å²) in [5.41, 5.74) is 3.08. The van der Waals surface area contributed by atoms with Crippen LogP contribution in [0.1, 0.15) is 40.9 Å². The van der Waals surface area contributed by atoms with Crippen molar-refractivity contribution in [2.45, 2.75) is 43.9 Å². The van der Waals surface area contributed by atoms with Crippen molar-refractivity contribution in [2.24, 2.45) is 0 Å². The van der Waals surface area contributed by atoms with Crippen LogP contribution in [0.4, 0.5) is 0 Å². The number of hydrogen-bond acceptors (Lipinski definition) is 5. The molecule has 2 aliphatic rings. The molecule has 138 valence electrons. The minimum atomic E-state index is -0.0465. The van der Waals surface area contributed by atoms with Gasteiger partial charge in [0.1, 0.15) is 4.88 Å². The Morgan fingerprint density at radius 3 is 2.81 bits per heavy atom. The summed E-state index contributed by atoms with van der Waals surface area (Å²) >= 11 is 1.37. The molecule has 5 nitrogen and oxygen atoms in total. The number of rotatable bonds is 5. The molecule has 0 radical (unpaired) electrons. The van der Waals surface area contributed by atoms with Crippen LogP contribution in [0, 0.1) is 0 Å². The van der Waals surface area contributed by atoms with E-state index in [-0.39, 0.29) is 17.6 Å². The first kappa shape index (κ1) is 17.6. The molecule has 0 saturated carbocycles. The van der Waals surface area contributed by atoms with Gasteiger partial charge < -0.3 is 10.1 Å². The summed E-state index contributed by atoms with van der Waals surface area (Å²) in [5.74, 6) is -0.0465. The van der Waals surface area contributed by atoms with Crippen LogP contribution in [0.3, 0.4) is 0 Å². The Labute approximate surface area is 158 Å². The van der Waals surface area contributed by atoms with Gasteiger partial charge in [-0.2, -0.15) is 0 Å². The van der Waals surface area contributed by atoms with E-state index in [1.807, 2.05) is 0 Å². The summed E-state index contributed by atoms with van der Waals surface area (Å²) in [6, 6.07) is 10.7. The maximum Gasteiger partial charge on any atom is 0.263 e. The largest absolute Gasteiger partial charge is 0.370 e. The third-order valence-corrected chi connectivity index (χ3v) is 6.27. The molecular weight excluding hydrogens is 346 g/mol. The summed E-state index contributed by atoms with van der Waals surface area (Å²) in [6.45, 7) is 3.77. The highest BCUT2D eigenvalue weighted by Crippen LogP contribution is 2.39. The third kappa shape index (κ3) is 4.14. The molecule has 2 aliphatic heterocycles. The third-order valence-electron chi connectivity index (χ3n) is 5.50. The van der Waals surface area contributed by atoms with E-state index >= 15 is 0 Å². The van der Waals surface area contributed by atoms with Crippen LogP contribution in [0.5, 0.6) is 0 Å². The van der Waals surface area contributed by atoms with E-state index in [0.29, 0.717) is 11.4 Å². The van der Waals surface area contributed by atoms with E-state index in [4.69, 9.17) is 4.74 Å². The summed E-state index contributed by atoms with van der Waals surface area (Å²) in [6.07, 6.45) is 6.04. The maximum absolute atomic E-state index is 12.0. The molecule has 2 aromatic rings. The summed E-state index contributed by atoms with van der Waals surface area (Å²) in [7, 11) is 0. The van der Waals surface area contributed by atoms with Gasteiger partial charge in [0, 0.05) is 26.2 Å². The quantitative estimate of drug-likeness (QED) is 0.878. The molecule has 1 unspecified atom stereocenters. The molecule has 1 amide bonds. The number of aromatic nitrogens is 1. The monoisotopic (exact) mass is 371 g/mol. The molecular formula is C20H25N3O2S. The average Bonchev–Trinajstić information content (AvgIpc) is 3.34. The first-order valence-corrected chi connectivity index (χ1v) is 10.2. The fourth-order valence-electron chi connectivity index (χ4n) is 3.99. The van der Waals surface area contributed by atoms with Gasteiger partial charge in [-0.25, -0.2) is 0 Å². The second-order valence-electron chi connectivity index (χ2n) is 7.30. The van der Waals surface area contributed by atoms with Crippen LogP contribution in [-0.4, -0.2) is 47.1 Å². The Morgan fingerprint density at radius 2 is 2.08 bits per heavy atom. The minimum absolute atomic E-state index is 0.0209. The van der Waals surface area contributed by atoms with E-state index in [0.717, 1.165) is 45.3 Å². The lowest BCUT2D eigenvalue weighted by atomic mass is 9.88. The first-order valence-electron chi connectivity index (χ1n) is 9.33. The molecule has 1 N–H and O–H groups in total. The Hall–Kier alpha value is -1.76. The summed E-state index contributed by atoms with van der Waals surface area (Å²) in [4.78, 5) is 19.2. The van der Waals surface area contributed by atoms with Crippen LogP contribution < -0.4 is 5.32 Å². The highest BCUT2D eigenvalue weighted by molar-refractivity contribution is 7.11. The minimum Gasteiger partial charge on any atom is -0.370 e. The molecule has 0 aliphatic carbocycles. The lowest BCUT2D eigenvalue weighted by Crippen LogP contribution is -2.44. The Morgan fingerprint density at radius 1 is 1.27 bits per heavy atom. The van der Waals surface area contributed by atoms with Gasteiger partial charge >= 0.3 is 0 Å². The van der Waals surface area contributed by atoms with Gasteiger partial charge in [-0.1, -0.05) is 30.3 Å². The van der Waals surface area contributed by atoms with Crippen molar-refractivity contribution in [3.63, 3.8) is 0 Å². The van der Waals surface area contributed by atoms with E-state index in [1.54, 1.807) is 11.7 Å². The van der Waals surface area contributed by atoms with Crippen molar-refractivity contribution in [1.29, 1.82) is 0 Å². The number of carbonyl (C=O) groups excluding carboxylic acids is 1. The Balaban J connectivity index is 1.23. The van der Waals surface area contributed by atoms with Crippen molar-refractivity contribution >= 4 is 17.2 Å². The van der Waals surface area contributed by atoms with Gasteiger partial charge in [0.05, 0.1) is 23.4 Å². The summed E-state index contributed by atoms with van der Waals surface area (Å²) < 4.78 is 6.40. The molecule has 3 heterocycles. The fourth-order valence-corrected chi connectivity index (χ4v) is 4.53. The smallest absolute Gasteiger partial charge is 0.263 e. The number of nitrogens with zero attached hydrogens (tertiary/aromatic N) is 2. The van der Waals surface area contributed by atoms with Crippen LogP contribution in [-0.2, 0) is 11.3 Å². The standard InChI is InChI=1S/C20H25N3O2S/c24-19(18-13-21-15-26-18)22-12-17-6-7-20(25-17)8-10-23(11-9-20)14-16-4-2-1-3-5-16/h1-5,13,15,17H,6-12,14H2,(H,22,24). The highest BCUT2D eigenvalue weighted by atomic mass is 32.1. The van der Waals surface area contributed by atoms with Crippen molar-refractivity contribution in [3.05, 3.63) is 52.5 Å². The fraction of sp³-hybridized carbons (Fsp3) is 0.500. The van der Waals surface area contributed by atoms with Gasteiger partial charge in [0.15, 0.2) is 0 Å². The number of piperidine rings is 1. The Kier molecular flexibility index (Phi) is 5.33. The SMILES string of the molecule is O=C(NCC1CCC2(CCN(Cc3ccccc3)CC2)O1)c1cncs1.